The van der Waals surface area contributed by atoms with Crippen molar-refractivity contribution in [2.75, 3.05) is 0 Å². The molecule has 0 atom stereocenters. The van der Waals surface area contributed by atoms with Crippen LogP contribution in [0, 0.1) is 19.3 Å². The van der Waals surface area contributed by atoms with Crippen molar-refractivity contribution in [1.82, 2.24) is 24.3 Å². The molecule has 0 fully saturated rings. The van der Waals surface area contributed by atoms with Gasteiger partial charge in [-0.3, -0.25) is 24.4 Å². The number of aromatic nitrogens is 4. The first kappa shape index (κ1) is 22.2. The lowest BCUT2D eigenvalue weighted by molar-refractivity contribution is 0.0948. The molecule has 4 heterocycles. The van der Waals surface area contributed by atoms with Gasteiger partial charge in [-0.15, -0.1) is 0 Å². The monoisotopic (exact) mass is 464 g/mol. The molecule has 8 heteroatoms. The van der Waals surface area contributed by atoms with Gasteiger partial charge in [0.1, 0.15) is 16.8 Å². The van der Waals surface area contributed by atoms with Crippen molar-refractivity contribution in [1.29, 1.82) is 5.41 Å². The minimum absolute atomic E-state index is 0.00778. The number of carbonyl (C=O) groups excluding carboxylic acids is 1. The Morgan fingerprint density at radius 1 is 1.03 bits per heavy atom. The number of fused-ring (bicyclic) bond motifs is 2. The Hall–Kier alpha value is -4.59. The number of hydrogen-bond acceptors (Lipinski definition) is 5. The predicted molar refractivity (Wildman–Crippen MR) is 133 cm³/mol. The largest absolute Gasteiger partial charge is 0.348 e. The van der Waals surface area contributed by atoms with Crippen LogP contribution in [0.15, 0.2) is 78.0 Å². The van der Waals surface area contributed by atoms with E-state index in [-0.39, 0.29) is 28.5 Å². The highest BCUT2D eigenvalue weighted by atomic mass is 16.1. The molecule has 0 saturated heterocycles. The number of pyridine rings is 3. The van der Waals surface area contributed by atoms with E-state index in [1.54, 1.807) is 35.3 Å². The number of aryl methyl sites for hydroxylation is 2. The van der Waals surface area contributed by atoms with E-state index in [0.29, 0.717) is 17.8 Å². The van der Waals surface area contributed by atoms with Crippen molar-refractivity contribution in [3.63, 3.8) is 0 Å². The summed E-state index contributed by atoms with van der Waals surface area (Å²) in [6.07, 6.45) is 5.00. The van der Waals surface area contributed by atoms with E-state index in [2.05, 4.69) is 10.3 Å². The second-order valence-electron chi connectivity index (χ2n) is 8.56. The van der Waals surface area contributed by atoms with Crippen molar-refractivity contribution >= 4 is 22.6 Å². The van der Waals surface area contributed by atoms with Crippen LogP contribution in [0.25, 0.3) is 16.7 Å². The molecule has 0 spiro atoms. The fourth-order valence-corrected chi connectivity index (χ4v) is 4.08. The number of benzene rings is 1. The third-order valence-corrected chi connectivity index (χ3v) is 6.02. The Bertz CT molecular complexity index is 1690. The lowest BCUT2D eigenvalue weighted by atomic mass is 10.1. The highest BCUT2D eigenvalue weighted by molar-refractivity contribution is 5.96. The molecule has 0 radical (unpaired) electrons. The molecule has 1 aromatic carbocycles. The minimum atomic E-state index is -0.438. The summed E-state index contributed by atoms with van der Waals surface area (Å²) in [4.78, 5) is 35.5. The van der Waals surface area contributed by atoms with E-state index in [1.807, 2.05) is 50.2 Å². The minimum Gasteiger partial charge on any atom is -0.348 e. The standard InChI is InChI=1S/C27H24N6O2/c1-17-7-9-19(10-8-17)16-33-23(28)21(26(34)30-15-20-6-3-11-29-14-20)13-22-25(33)31-24-18(2)5-4-12-32(24)27(22)35/h3-14,28H,15-16H2,1-2H3,(H,30,34). The molecule has 5 aromatic rings. The fraction of sp³-hybridized carbons (Fsp3) is 0.148. The molecule has 0 aliphatic heterocycles. The molecule has 8 nitrogen and oxygen atoms in total. The van der Waals surface area contributed by atoms with E-state index in [0.717, 1.165) is 22.3 Å². The Balaban J connectivity index is 1.69. The zero-order chi connectivity index (χ0) is 24.5. The third kappa shape index (κ3) is 4.21. The molecule has 174 valence electrons. The number of rotatable bonds is 5. The lowest BCUT2D eigenvalue weighted by Crippen LogP contribution is -2.35. The molecular formula is C27H24N6O2. The summed E-state index contributed by atoms with van der Waals surface area (Å²) in [6, 6.07) is 16.7. The Kier molecular flexibility index (Phi) is 5.70. The maximum Gasteiger partial charge on any atom is 0.267 e. The van der Waals surface area contributed by atoms with Crippen LogP contribution in [0.2, 0.25) is 0 Å². The smallest absolute Gasteiger partial charge is 0.267 e. The summed E-state index contributed by atoms with van der Waals surface area (Å²) in [5.74, 6) is -0.438. The van der Waals surface area contributed by atoms with Crippen LogP contribution in [0.5, 0.6) is 0 Å². The van der Waals surface area contributed by atoms with Crippen LogP contribution < -0.4 is 16.4 Å². The first-order valence-electron chi connectivity index (χ1n) is 11.2. The van der Waals surface area contributed by atoms with E-state index < -0.39 is 5.91 Å². The Morgan fingerprint density at radius 3 is 2.57 bits per heavy atom. The normalized spacial score (nSPS) is 11.1. The van der Waals surface area contributed by atoms with Crippen LogP contribution in [0.3, 0.4) is 0 Å². The quantitative estimate of drug-likeness (QED) is 0.390. The second kappa shape index (κ2) is 8.98. The van der Waals surface area contributed by atoms with Gasteiger partial charge in [-0.05, 0) is 48.7 Å². The number of nitrogens with zero attached hydrogens (tertiary/aromatic N) is 4. The van der Waals surface area contributed by atoms with Gasteiger partial charge >= 0.3 is 0 Å². The molecule has 0 saturated carbocycles. The fourth-order valence-electron chi connectivity index (χ4n) is 4.08. The number of carbonyl (C=O) groups is 1. The van der Waals surface area contributed by atoms with Gasteiger partial charge in [-0.2, -0.15) is 0 Å². The van der Waals surface area contributed by atoms with Gasteiger partial charge < -0.3 is 9.88 Å². The average Bonchev–Trinajstić information content (AvgIpc) is 2.87. The highest BCUT2D eigenvalue weighted by Crippen LogP contribution is 2.15. The van der Waals surface area contributed by atoms with E-state index >= 15 is 0 Å². The van der Waals surface area contributed by atoms with Crippen molar-refractivity contribution in [2.24, 2.45) is 0 Å². The summed E-state index contributed by atoms with van der Waals surface area (Å²) in [7, 11) is 0. The van der Waals surface area contributed by atoms with Gasteiger partial charge in [0.25, 0.3) is 11.5 Å². The molecule has 0 aliphatic carbocycles. The highest BCUT2D eigenvalue weighted by Gasteiger charge is 2.18. The molecule has 0 aliphatic rings. The molecule has 1 amide bonds. The van der Waals surface area contributed by atoms with Crippen LogP contribution in [0.4, 0.5) is 0 Å². The van der Waals surface area contributed by atoms with E-state index in [9.17, 15) is 9.59 Å². The molecule has 35 heavy (non-hydrogen) atoms. The third-order valence-electron chi connectivity index (χ3n) is 6.02. The average molecular weight is 465 g/mol. The summed E-state index contributed by atoms with van der Waals surface area (Å²) < 4.78 is 3.11. The van der Waals surface area contributed by atoms with Gasteiger partial charge in [0.15, 0.2) is 0 Å². The van der Waals surface area contributed by atoms with Gasteiger partial charge in [0.05, 0.1) is 17.5 Å². The topological polar surface area (TPSA) is 105 Å². The molecule has 5 rings (SSSR count). The molecule has 4 aromatic heterocycles. The molecule has 2 N–H and O–H groups in total. The summed E-state index contributed by atoms with van der Waals surface area (Å²) >= 11 is 0. The maximum absolute atomic E-state index is 13.5. The maximum atomic E-state index is 13.5. The zero-order valence-electron chi connectivity index (χ0n) is 19.4. The van der Waals surface area contributed by atoms with Crippen molar-refractivity contribution in [3.8, 4) is 0 Å². The first-order valence-corrected chi connectivity index (χ1v) is 11.2. The van der Waals surface area contributed by atoms with Crippen molar-refractivity contribution < 1.29 is 4.79 Å². The number of amides is 1. The van der Waals surface area contributed by atoms with Crippen LogP contribution in [0.1, 0.15) is 32.6 Å². The van der Waals surface area contributed by atoms with Crippen LogP contribution in [-0.2, 0) is 13.1 Å². The predicted octanol–water partition coefficient (Wildman–Crippen LogP) is 3.12. The van der Waals surface area contributed by atoms with Gasteiger partial charge in [0, 0.05) is 25.1 Å². The summed E-state index contributed by atoms with van der Waals surface area (Å²) in [5.41, 5.74) is 4.46. The zero-order valence-corrected chi connectivity index (χ0v) is 19.4. The van der Waals surface area contributed by atoms with Gasteiger partial charge in [0.2, 0.25) is 0 Å². The van der Waals surface area contributed by atoms with Crippen molar-refractivity contribution in [2.45, 2.75) is 26.9 Å². The Labute approximate surface area is 201 Å². The summed E-state index contributed by atoms with van der Waals surface area (Å²) in [5, 5.41) is 12.0. The van der Waals surface area contributed by atoms with Crippen LogP contribution >= 0.6 is 0 Å². The van der Waals surface area contributed by atoms with E-state index in [4.69, 9.17) is 10.4 Å². The first-order chi connectivity index (χ1) is 16.9. The SMILES string of the molecule is Cc1ccc(Cn2c(=N)c(C(=O)NCc3cccnc3)cc3c(=O)n4cccc(C)c4nc32)cc1. The number of hydrogen-bond donors (Lipinski definition) is 2. The Morgan fingerprint density at radius 2 is 1.83 bits per heavy atom. The van der Waals surface area contributed by atoms with Gasteiger partial charge in [-0.1, -0.05) is 42.0 Å². The molecular weight excluding hydrogens is 440 g/mol. The van der Waals surface area contributed by atoms with Crippen molar-refractivity contribution in [3.05, 3.63) is 117 Å². The second-order valence-corrected chi connectivity index (χ2v) is 8.56. The van der Waals surface area contributed by atoms with Gasteiger partial charge in [-0.25, -0.2) is 4.98 Å². The summed E-state index contributed by atoms with van der Waals surface area (Å²) in [6.45, 7) is 4.46. The van der Waals surface area contributed by atoms with E-state index in [1.165, 1.54) is 10.5 Å². The van der Waals surface area contributed by atoms with Crippen LogP contribution in [-0.4, -0.2) is 24.8 Å². The molecule has 0 unspecified atom stereocenters. The lowest BCUT2D eigenvalue weighted by Gasteiger charge is -2.15. The number of nitrogens with one attached hydrogen (secondary N) is 2. The molecule has 0 bridgehead atoms.